The average Bonchev–Trinajstić information content (AvgIpc) is 3.02. The number of morpholine rings is 1. The smallest absolute Gasteiger partial charge is 0.354 e. The molecule has 1 aliphatic heterocycles. The molecule has 0 N–H and O–H groups in total. The minimum Gasteiger partial charge on any atom is -0.464 e. The summed E-state index contributed by atoms with van der Waals surface area (Å²) in [5.41, 5.74) is 2.78. The Bertz CT molecular complexity index is 807. The molecule has 0 aliphatic carbocycles. The molecule has 1 aromatic heterocycles. The predicted molar refractivity (Wildman–Crippen MR) is 113 cm³/mol. The lowest BCUT2D eigenvalue weighted by molar-refractivity contribution is 0.0342. The van der Waals surface area contributed by atoms with Crippen molar-refractivity contribution in [3.63, 3.8) is 0 Å². The zero-order valence-electron chi connectivity index (χ0n) is 17.5. The highest BCUT2D eigenvalue weighted by Crippen LogP contribution is 2.23. The van der Waals surface area contributed by atoms with E-state index < -0.39 is 8.07 Å². The van der Waals surface area contributed by atoms with Crippen molar-refractivity contribution in [1.29, 1.82) is 0 Å². The van der Waals surface area contributed by atoms with Gasteiger partial charge in [0.15, 0.2) is 0 Å². The van der Waals surface area contributed by atoms with Gasteiger partial charge in [-0.3, -0.25) is 4.90 Å². The molecule has 0 bridgehead atoms. The van der Waals surface area contributed by atoms with Gasteiger partial charge in [-0.25, -0.2) is 4.79 Å². The molecule has 0 unspecified atom stereocenters. The molecule has 28 heavy (non-hydrogen) atoms. The van der Waals surface area contributed by atoms with Gasteiger partial charge in [0.1, 0.15) is 12.4 Å². The van der Waals surface area contributed by atoms with E-state index in [2.05, 4.69) is 42.7 Å². The second kappa shape index (κ2) is 9.22. The highest BCUT2D eigenvalue weighted by molar-refractivity contribution is 6.76. The van der Waals surface area contributed by atoms with Crippen LogP contribution in [0.2, 0.25) is 25.7 Å². The lowest BCUT2D eigenvalue weighted by Gasteiger charge is -2.26. The highest BCUT2D eigenvalue weighted by Gasteiger charge is 2.18. The first-order valence-corrected chi connectivity index (χ1v) is 13.7. The second-order valence-electron chi connectivity index (χ2n) is 8.58. The van der Waals surface area contributed by atoms with Crippen LogP contribution in [0.3, 0.4) is 0 Å². The molecule has 154 valence electrons. The number of methoxy groups -OCH3 is 1. The van der Waals surface area contributed by atoms with E-state index in [1.54, 1.807) is 0 Å². The van der Waals surface area contributed by atoms with E-state index in [-0.39, 0.29) is 5.97 Å². The summed E-state index contributed by atoms with van der Waals surface area (Å²) in [5, 5.41) is 1.03. The normalized spacial score (nSPS) is 15.9. The van der Waals surface area contributed by atoms with Crippen molar-refractivity contribution in [2.75, 3.05) is 40.0 Å². The van der Waals surface area contributed by atoms with Crippen LogP contribution in [-0.2, 0) is 27.5 Å². The molecule has 3 rings (SSSR count). The molecule has 1 aromatic carbocycles. The maximum Gasteiger partial charge on any atom is 0.354 e. The molecule has 0 saturated carbocycles. The van der Waals surface area contributed by atoms with Gasteiger partial charge < -0.3 is 18.8 Å². The number of hydrogen-bond donors (Lipinski definition) is 0. The fraction of sp³-hybridized carbons (Fsp3) is 0.571. The molecule has 1 aliphatic rings. The van der Waals surface area contributed by atoms with Gasteiger partial charge in [0.25, 0.3) is 0 Å². The highest BCUT2D eigenvalue weighted by atomic mass is 28.3. The molecule has 2 aromatic rings. The Morgan fingerprint density at radius 2 is 1.93 bits per heavy atom. The topological polar surface area (TPSA) is 52.9 Å². The van der Waals surface area contributed by atoms with E-state index >= 15 is 0 Å². The summed E-state index contributed by atoms with van der Waals surface area (Å²) >= 11 is 0. The van der Waals surface area contributed by atoms with Crippen molar-refractivity contribution < 1.29 is 19.0 Å². The van der Waals surface area contributed by atoms with Crippen LogP contribution >= 0.6 is 0 Å². The van der Waals surface area contributed by atoms with Crippen molar-refractivity contribution in [2.24, 2.45) is 0 Å². The molecule has 7 heteroatoms. The van der Waals surface area contributed by atoms with Crippen molar-refractivity contribution >= 4 is 24.9 Å². The van der Waals surface area contributed by atoms with Crippen molar-refractivity contribution in [3.05, 3.63) is 35.5 Å². The molecular formula is C21H32N2O4Si. The zero-order chi connectivity index (χ0) is 20.1. The van der Waals surface area contributed by atoms with Crippen LogP contribution in [0.5, 0.6) is 0 Å². The lowest BCUT2D eigenvalue weighted by Crippen LogP contribution is -2.35. The van der Waals surface area contributed by atoms with Gasteiger partial charge in [-0.2, -0.15) is 0 Å². The van der Waals surface area contributed by atoms with Crippen LogP contribution in [0, 0.1) is 0 Å². The van der Waals surface area contributed by atoms with Gasteiger partial charge in [-0.05, 0) is 23.7 Å². The largest absolute Gasteiger partial charge is 0.464 e. The molecule has 1 saturated heterocycles. The van der Waals surface area contributed by atoms with E-state index in [1.807, 2.05) is 10.6 Å². The fourth-order valence-corrected chi connectivity index (χ4v) is 4.12. The predicted octanol–water partition coefficient (Wildman–Crippen LogP) is 3.57. The van der Waals surface area contributed by atoms with Crippen LogP contribution in [0.4, 0.5) is 0 Å². The quantitative estimate of drug-likeness (QED) is 0.382. The molecule has 0 atom stereocenters. The number of carbonyl (C=O) groups excluding carboxylic acids is 1. The van der Waals surface area contributed by atoms with E-state index in [0.29, 0.717) is 19.0 Å². The number of ether oxygens (including phenoxy) is 3. The van der Waals surface area contributed by atoms with E-state index in [0.717, 1.165) is 49.8 Å². The minimum atomic E-state index is -1.15. The van der Waals surface area contributed by atoms with Crippen LogP contribution in [0.1, 0.15) is 16.1 Å². The number of aromatic nitrogens is 1. The molecule has 0 amide bonds. The first-order valence-electron chi connectivity index (χ1n) is 9.96. The number of hydrogen-bond acceptors (Lipinski definition) is 5. The Balaban J connectivity index is 1.81. The van der Waals surface area contributed by atoms with Crippen LogP contribution < -0.4 is 0 Å². The van der Waals surface area contributed by atoms with Crippen molar-refractivity contribution in [2.45, 2.75) is 39.0 Å². The first-order chi connectivity index (χ1) is 13.4. The van der Waals surface area contributed by atoms with Gasteiger partial charge >= 0.3 is 5.97 Å². The number of esters is 1. The third-order valence-electron chi connectivity index (χ3n) is 5.09. The van der Waals surface area contributed by atoms with Crippen LogP contribution in [-0.4, -0.2) is 63.5 Å². The minimum absolute atomic E-state index is 0.334. The van der Waals surface area contributed by atoms with E-state index in [1.165, 1.54) is 12.7 Å². The Labute approximate surface area is 168 Å². The van der Waals surface area contributed by atoms with Crippen molar-refractivity contribution in [3.8, 4) is 0 Å². The molecular weight excluding hydrogens is 372 g/mol. The summed E-state index contributed by atoms with van der Waals surface area (Å²) in [5.74, 6) is -0.334. The zero-order valence-corrected chi connectivity index (χ0v) is 18.5. The average molecular weight is 405 g/mol. The third-order valence-corrected chi connectivity index (χ3v) is 6.79. The standard InChI is InChI=1S/C21H32N2O4Si/c1-25-21(24)20-14-18-6-5-17(15-22-7-9-26-10-8-22)13-19(18)23(20)16-27-11-12-28(2,3)4/h5-6,13-14H,7-12,15-16H2,1-4H3. The van der Waals surface area contributed by atoms with Gasteiger partial charge in [0, 0.05) is 39.7 Å². The summed E-state index contributed by atoms with van der Waals surface area (Å²) in [6, 6.07) is 9.37. The van der Waals surface area contributed by atoms with Crippen LogP contribution in [0.25, 0.3) is 10.9 Å². The third kappa shape index (κ3) is 5.44. The Morgan fingerprint density at radius 3 is 2.61 bits per heavy atom. The Morgan fingerprint density at radius 1 is 1.18 bits per heavy atom. The van der Waals surface area contributed by atoms with Gasteiger partial charge in [0.05, 0.1) is 25.8 Å². The second-order valence-corrected chi connectivity index (χ2v) is 14.2. The summed E-state index contributed by atoms with van der Waals surface area (Å²) < 4.78 is 18.3. The number of rotatable bonds is 8. The van der Waals surface area contributed by atoms with Gasteiger partial charge in [0.2, 0.25) is 0 Å². The van der Waals surface area contributed by atoms with Gasteiger partial charge in [-0.15, -0.1) is 0 Å². The maximum atomic E-state index is 12.3. The number of nitrogens with zero attached hydrogens (tertiary/aromatic N) is 2. The number of carbonyl (C=O) groups is 1. The first kappa shape index (κ1) is 21.0. The summed E-state index contributed by atoms with van der Waals surface area (Å²) in [7, 11) is 0.266. The SMILES string of the molecule is COC(=O)c1cc2ccc(CN3CCOCC3)cc2n1COCC[Si](C)(C)C. The molecule has 0 radical (unpaired) electrons. The number of fused-ring (bicyclic) bond motifs is 1. The number of benzene rings is 1. The van der Waals surface area contributed by atoms with Crippen molar-refractivity contribution in [1.82, 2.24) is 9.47 Å². The Kier molecular flexibility index (Phi) is 6.93. The Hall–Kier alpha value is -1.67. The molecule has 6 nitrogen and oxygen atoms in total. The lowest BCUT2D eigenvalue weighted by atomic mass is 10.1. The van der Waals surface area contributed by atoms with E-state index in [9.17, 15) is 4.79 Å². The molecule has 1 fully saturated rings. The van der Waals surface area contributed by atoms with Crippen LogP contribution in [0.15, 0.2) is 24.3 Å². The summed E-state index contributed by atoms with van der Waals surface area (Å²) in [6.45, 7) is 12.4. The fourth-order valence-electron chi connectivity index (χ4n) is 3.36. The molecule has 0 spiro atoms. The summed E-state index contributed by atoms with van der Waals surface area (Å²) in [4.78, 5) is 14.7. The molecule has 2 heterocycles. The maximum absolute atomic E-state index is 12.3. The monoisotopic (exact) mass is 404 g/mol. The van der Waals surface area contributed by atoms with Gasteiger partial charge in [-0.1, -0.05) is 31.8 Å². The summed E-state index contributed by atoms with van der Waals surface area (Å²) in [6.07, 6.45) is 0. The van der Waals surface area contributed by atoms with E-state index in [4.69, 9.17) is 14.2 Å².